The zero-order chi connectivity index (χ0) is 39.5. The van der Waals surface area contributed by atoms with Gasteiger partial charge < -0.3 is 13.8 Å². The van der Waals surface area contributed by atoms with Crippen molar-refractivity contribution in [1.29, 1.82) is 0 Å². The average Bonchev–Trinajstić information content (AvgIpc) is 3.98. The topological polar surface area (TPSA) is 67.8 Å². The molecule has 4 aromatic heterocycles. The monoisotopic (exact) mass is 763 g/mol. The van der Waals surface area contributed by atoms with Gasteiger partial charge in [0.25, 0.3) is 0 Å². The number of nitrogens with zero attached hydrogens (tertiary/aromatic N) is 2. The lowest BCUT2D eigenvalue weighted by Crippen LogP contribution is -2.24. The van der Waals surface area contributed by atoms with Crippen LogP contribution in [0, 0.1) is 5.92 Å². The molecule has 2 unspecified atom stereocenters. The summed E-state index contributed by atoms with van der Waals surface area (Å²) in [5.41, 5.74) is 12.9. The molecule has 10 aromatic rings. The smallest absolute Gasteiger partial charge is 0.178 e. The van der Waals surface area contributed by atoms with Gasteiger partial charge in [0.05, 0.1) is 11.4 Å². The molecule has 0 aliphatic heterocycles. The number of rotatable bonds is 4. The Morgan fingerprint density at radius 1 is 0.610 bits per heavy atom. The summed E-state index contributed by atoms with van der Waals surface area (Å²) >= 11 is 0. The van der Waals surface area contributed by atoms with Crippen molar-refractivity contribution in [2.45, 2.75) is 32.1 Å². The number of benzene rings is 6. The van der Waals surface area contributed by atoms with Crippen LogP contribution in [0.15, 0.2) is 179 Å². The Hall–Kier alpha value is -7.24. The van der Waals surface area contributed by atoms with E-state index < -0.39 is 0 Å². The normalized spacial score (nSPS) is 17.4. The van der Waals surface area contributed by atoms with Crippen molar-refractivity contribution in [3.8, 4) is 22.6 Å². The Balaban J connectivity index is 0.000000610. The number of H-pyrrole nitrogens is 1. The maximum atomic E-state index is 6.71. The van der Waals surface area contributed by atoms with Crippen LogP contribution in [0.3, 0.4) is 0 Å². The van der Waals surface area contributed by atoms with E-state index in [1.54, 1.807) is 0 Å². The Morgan fingerprint density at radius 2 is 1.25 bits per heavy atom. The summed E-state index contributed by atoms with van der Waals surface area (Å²) in [4.78, 5) is 13.8. The predicted molar refractivity (Wildman–Crippen MR) is 243 cm³/mol. The van der Waals surface area contributed by atoms with Crippen LogP contribution >= 0.6 is 0 Å². The highest BCUT2D eigenvalue weighted by Crippen LogP contribution is 2.43. The quantitative estimate of drug-likeness (QED) is 0.194. The summed E-state index contributed by atoms with van der Waals surface area (Å²) in [5.74, 6) is 1.19. The third kappa shape index (κ3) is 6.18. The zero-order valence-electron chi connectivity index (χ0n) is 32.9. The Bertz CT molecular complexity index is 3280. The molecule has 0 saturated heterocycles. The number of para-hydroxylation sites is 1. The molecule has 2 aliphatic carbocycles. The van der Waals surface area contributed by atoms with Crippen LogP contribution in [0.4, 0.5) is 0 Å². The van der Waals surface area contributed by atoms with Gasteiger partial charge in [-0.3, -0.25) is 0 Å². The second kappa shape index (κ2) is 14.0. The van der Waals surface area contributed by atoms with Crippen LogP contribution in [0.5, 0.6) is 0 Å². The van der Waals surface area contributed by atoms with Crippen LogP contribution in [-0.2, 0) is 11.8 Å². The lowest BCUT2D eigenvalue weighted by Gasteiger charge is -2.30. The van der Waals surface area contributed by atoms with E-state index in [4.69, 9.17) is 18.8 Å². The van der Waals surface area contributed by atoms with Gasteiger partial charge in [0.2, 0.25) is 0 Å². The van der Waals surface area contributed by atoms with Gasteiger partial charge in [-0.1, -0.05) is 141 Å². The maximum Gasteiger partial charge on any atom is 0.178 e. The second-order valence-electron chi connectivity index (χ2n) is 16.1. The average molecular weight is 764 g/mol. The van der Waals surface area contributed by atoms with Gasteiger partial charge in [-0.15, -0.1) is 0 Å². The van der Waals surface area contributed by atoms with Crippen LogP contribution in [0.2, 0.25) is 0 Å². The number of nitrogens with one attached hydrogen (secondary N) is 1. The first-order valence-corrected chi connectivity index (χ1v) is 20.4. The highest BCUT2D eigenvalue weighted by atomic mass is 16.4. The Morgan fingerprint density at radius 3 is 1.98 bits per heavy atom. The number of hydrogen-bond donors (Lipinski definition) is 1. The van der Waals surface area contributed by atoms with E-state index in [-0.39, 0.29) is 5.41 Å². The minimum absolute atomic E-state index is 0.168. The van der Waals surface area contributed by atoms with Crippen LogP contribution in [0.1, 0.15) is 42.8 Å². The van der Waals surface area contributed by atoms with Crippen molar-refractivity contribution >= 4 is 66.4 Å². The molecular weight excluding hydrogens is 723 g/mol. The van der Waals surface area contributed by atoms with Crippen molar-refractivity contribution in [2.24, 2.45) is 5.92 Å². The summed E-state index contributed by atoms with van der Waals surface area (Å²) in [7, 11) is 0. The van der Waals surface area contributed by atoms with Gasteiger partial charge in [-0.2, -0.15) is 0 Å². The molecule has 0 spiro atoms. The molecule has 0 fully saturated rings. The summed E-state index contributed by atoms with van der Waals surface area (Å²) in [6.07, 6.45) is 13.2. The molecule has 0 saturated carbocycles. The lowest BCUT2D eigenvalue weighted by molar-refractivity contribution is 0.586. The largest absolute Gasteiger partial charge is 0.452 e. The number of hydrogen-bond acceptors (Lipinski definition) is 4. The Kier molecular flexibility index (Phi) is 8.29. The minimum atomic E-state index is -0.168. The summed E-state index contributed by atoms with van der Waals surface area (Å²) in [5, 5.41) is 5.49. The number of fused-ring (bicyclic) bond motifs is 10. The standard InChI is InChI=1S/C48H35N3O2.C6H6/c1-28-12-14-30(15-13-28)42-26-41(29-8-4-3-5-9-29)50-47(51-42)31-16-18-34-36-20-21-37-35-19-17-32(25-44(35)53-46(37)45(36)52-43(34)24-31)48(2)23-22-40-38(27-48)33-10-6-7-11-39(33)49-40;1-2-4-6-5-3-1/h3-12,14-26,28,49H,13,27H2,1-2H3;1-6H. The van der Waals surface area contributed by atoms with Crippen molar-refractivity contribution in [3.63, 3.8) is 0 Å². The molecule has 5 nitrogen and oxygen atoms in total. The maximum absolute atomic E-state index is 6.71. The van der Waals surface area contributed by atoms with Crippen molar-refractivity contribution < 1.29 is 8.83 Å². The van der Waals surface area contributed by atoms with E-state index in [0.717, 1.165) is 84.8 Å². The summed E-state index contributed by atoms with van der Waals surface area (Å²) in [6.45, 7) is 4.55. The minimum Gasteiger partial charge on any atom is -0.452 e. The van der Waals surface area contributed by atoms with E-state index in [1.165, 1.54) is 27.7 Å². The van der Waals surface area contributed by atoms with Crippen LogP contribution < -0.4 is 0 Å². The van der Waals surface area contributed by atoms with Crippen molar-refractivity contribution in [2.75, 3.05) is 0 Å². The fraction of sp³-hybridized carbons (Fsp3) is 0.111. The molecule has 12 rings (SSSR count). The highest BCUT2D eigenvalue weighted by Gasteiger charge is 2.31. The first-order chi connectivity index (χ1) is 29.0. The molecule has 6 aromatic carbocycles. The molecule has 0 amide bonds. The third-order valence-electron chi connectivity index (χ3n) is 12.1. The number of allylic oxidation sites excluding steroid dienone is 5. The fourth-order valence-corrected chi connectivity index (χ4v) is 8.79. The third-order valence-corrected chi connectivity index (χ3v) is 12.1. The predicted octanol–water partition coefficient (Wildman–Crippen LogP) is 14.3. The molecular formula is C54H41N3O2. The number of aromatic nitrogens is 3. The first kappa shape index (κ1) is 35.0. The number of aromatic amines is 1. The highest BCUT2D eigenvalue weighted by molar-refractivity contribution is 6.19. The van der Waals surface area contributed by atoms with Gasteiger partial charge >= 0.3 is 0 Å². The van der Waals surface area contributed by atoms with Crippen LogP contribution in [0.25, 0.3) is 89.1 Å². The SMILES string of the molecule is CC1C=CC(c2cc(-c3ccccc3)nc(-c3ccc4c(c3)oc3c4ccc4c5ccc(C6(C)C=Cc7[nH]c8ccccc8c7C6)cc5oc43)n2)=CC1.c1ccccc1. The molecule has 5 heteroatoms. The van der Waals surface area contributed by atoms with Gasteiger partial charge in [0.1, 0.15) is 11.2 Å². The zero-order valence-corrected chi connectivity index (χ0v) is 32.9. The molecule has 284 valence electrons. The summed E-state index contributed by atoms with van der Waals surface area (Å²) in [6, 6.07) is 50.3. The van der Waals surface area contributed by atoms with E-state index >= 15 is 0 Å². The van der Waals surface area contributed by atoms with E-state index in [2.05, 4.69) is 140 Å². The van der Waals surface area contributed by atoms with Crippen LogP contribution in [-0.4, -0.2) is 15.0 Å². The molecule has 4 heterocycles. The van der Waals surface area contributed by atoms with Crippen molar-refractivity contribution in [1.82, 2.24) is 15.0 Å². The molecule has 2 atom stereocenters. The molecule has 59 heavy (non-hydrogen) atoms. The lowest BCUT2D eigenvalue weighted by atomic mass is 9.74. The van der Waals surface area contributed by atoms with E-state index in [1.807, 2.05) is 54.6 Å². The van der Waals surface area contributed by atoms with Gasteiger partial charge in [-0.05, 0) is 84.0 Å². The first-order valence-electron chi connectivity index (χ1n) is 20.4. The second-order valence-corrected chi connectivity index (χ2v) is 16.1. The fourth-order valence-electron chi connectivity index (χ4n) is 8.79. The van der Waals surface area contributed by atoms with Gasteiger partial charge in [-0.25, -0.2) is 9.97 Å². The number of furan rings is 2. The molecule has 1 N–H and O–H groups in total. The summed E-state index contributed by atoms with van der Waals surface area (Å²) < 4.78 is 13.4. The van der Waals surface area contributed by atoms with Gasteiger partial charge in [0.15, 0.2) is 17.0 Å². The van der Waals surface area contributed by atoms with E-state index in [9.17, 15) is 0 Å². The molecule has 0 bridgehead atoms. The Labute approximate surface area is 342 Å². The molecule has 2 aliphatic rings. The van der Waals surface area contributed by atoms with Gasteiger partial charge in [0, 0.05) is 54.7 Å². The van der Waals surface area contributed by atoms with Crippen molar-refractivity contribution in [3.05, 3.63) is 192 Å². The molecule has 0 radical (unpaired) electrons. The van der Waals surface area contributed by atoms with E-state index in [0.29, 0.717) is 11.7 Å².